The summed E-state index contributed by atoms with van der Waals surface area (Å²) in [6.07, 6.45) is 6.74. The summed E-state index contributed by atoms with van der Waals surface area (Å²) in [5, 5.41) is -0.390. The molecule has 6 nitrogen and oxygen atoms in total. The average Bonchev–Trinajstić information content (AvgIpc) is 2.82. The Labute approximate surface area is 138 Å². The highest BCUT2D eigenvalue weighted by Gasteiger charge is 2.34. The number of amides is 2. The number of benzene rings is 1. The molecule has 2 amide bonds. The van der Waals surface area contributed by atoms with Crippen LogP contribution in [0.25, 0.3) is 6.08 Å². The van der Waals surface area contributed by atoms with Gasteiger partial charge in [-0.15, -0.1) is 6.42 Å². The molecular formula is C16H15NO5S. The van der Waals surface area contributed by atoms with Gasteiger partial charge in [-0.3, -0.25) is 14.5 Å². The molecule has 2 rings (SSSR count). The Hall–Kier alpha value is -2.59. The van der Waals surface area contributed by atoms with E-state index in [1.54, 1.807) is 18.2 Å². The van der Waals surface area contributed by atoms with Gasteiger partial charge >= 0.3 is 0 Å². The molecule has 0 spiro atoms. The van der Waals surface area contributed by atoms with E-state index in [0.717, 1.165) is 16.7 Å². The van der Waals surface area contributed by atoms with E-state index in [9.17, 15) is 9.59 Å². The van der Waals surface area contributed by atoms with Crippen molar-refractivity contribution < 1.29 is 23.8 Å². The van der Waals surface area contributed by atoms with Crippen LogP contribution in [0.5, 0.6) is 17.2 Å². The summed E-state index contributed by atoms with van der Waals surface area (Å²) in [7, 11) is 4.53. The second-order valence-corrected chi connectivity index (χ2v) is 5.41. The van der Waals surface area contributed by atoms with Crippen molar-refractivity contribution in [2.45, 2.75) is 0 Å². The molecule has 0 atom stereocenters. The minimum atomic E-state index is -0.421. The maximum absolute atomic E-state index is 12.2. The molecule has 0 unspecified atom stereocenters. The predicted octanol–water partition coefficient (Wildman–Crippen LogP) is 2.38. The van der Waals surface area contributed by atoms with Crippen LogP contribution >= 0.6 is 11.8 Å². The summed E-state index contributed by atoms with van der Waals surface area (Å²) < 4.78 is 15.8. The Bertz CT molecular complexity index is 720. The van der Waals surface area contributed by atoms with Gasteiger partial charge in [-0.05, 0) is 23.9 Å². The second-order valence-electron chi connectivity index (χ2n) is 4.42. The van der Waals surface area contributed by atoms with E-state index >= 15 is 0 Å². The maximum Gasteiger partial charge on any atom is 0.294 e. The number of rotatable bonds is 5. The first kappa shape index (κ1) is 16.8. The van der Waals surface area contributed by atoms with Crippen LogP contribution in [-0.2, 0) is 4.79 Å². The smallest absolute Gasteiger partial charge is 0.294 e. The lowest BCUT2D eigenvalue weighted by molar-refractivity contribution is -0.122. The fourth-order valence-corrected chi connectivity index (χ4v) is 2.86. The number of hydrogen-bond acceptors (Lipinski definition) is 6. The number of terminal acetylenes is 1. The lowest BCUT2D eigenvalue weighted by atomic mass is 10.1. The summed E-state index contributed by atoms with van der Waals surface area (Å²) in [6.45, 7) is -0.0505. The largest absolute Gasteiger partial charge is 0.496 e. The Morgan fingerprint density at radius 1 is 1.13 bits per heavy atom. The van der Waals surface area contributed by atoms with Gasteiger partial charge in [0.05, 0.1) is 32.8 Å². The second kappa shape index (κ2) is 7.11. The fraction of sp³-hybridized carbons (Fsp3) is 0.250. The standard InChI is InChI=1S/C16H15NO5S/c1-5-6-17-15(18)14(23-16(17)19)8-10-7-12(21-3)13(22-4)9-11(10)20-2/h1,7-9H,6H2,2-4H3/b14-8-. The number of ether oxygens (including phenoxy) is 3. The number of methoxy groups -OCH3 is 3. The van der Waals surface area contributed by atoms with Crippen LogP contribution in [0.2, 0.25) is 0 Å². The SMILES string of the molecule is C#CCN1C(=O)S/C(=C\c2cc(OC)c(OC)cc2OC)C1=O. The molecule has 0 radical (unpaired) electrons. The van der Waals surface area contributed by atoms with E-state index in [2.05, 4.69) is 5.92 Å². The predicted molar refractivity (Wildman–Crippen MR) is 87.6 cm³/mol. The first-order valence-electron chi connectivity index (χ1n) is 6.54. The third-order valence-corrected chi connectivity index (χ3v) is 4.05. The summed E-state index contributed by atoms with van der Waals surface area (Å²) in [5.74, 6) is 3.35. The average molecular weight is 333 g/mol. The Kier molecular flexibility index (Phi) is 5.19. The number of nitrogens with zero attached hydrogens (tertiary/aromatic N) is 1. The van der Waals surface area contributed by atoms with Crippen molar-refractivity contribution in [1.29, 1.82) is 0 Å². The molecule has 1 heterocycles. The zero-order valence-electron chi connectivity index (χ0n) is 12.9. The van der Waals surface area contributed by atoms with Gasteiger partial charge in [-0.25, -0.2) is 0 Å². The van der Waals surface area contributed by atoms with Gasteiger partial charge in [0.2, 0.25) is 0 Å². The molecule has 1 aliphatic heterocycles. The van der Waals surface area contributed by atoms with Gasteiger partial charge in [0.15, 0.2) is 11.5 Å². The first-order valence-corrected chi connectivity index (χ1v) is 7.36. The fourth-order valence-electron chi connectivity index (χ4n) is 2.03. The topological polar surface area (TPSA) is 65.1 Å². The molecule has 0 saturated carbocycles. The van der Waals surface area contributed by atoms with E-state index < -0.39 is 11.1 Å². The molecule has 0 N–H and O–H groups in total. The van der Waals surface area contributed by atoms with Gasteiger partial charge < -0.3 is 14.2 Å². The van der Waals surface area contributed by atoms with Crippen LogP contribution in [0.1, 0.15) is 5.56 Å². The third-order valence-electron chi connectivity index (χ3n) is 3.15. The zero-order valence-corrected chi connectivity index (χ0v) is 13.7. The molecule has 1 aromatic rings. The molecule has 1 saturated heterocycles. The zero-order chi connectivity index (χ0) is 17.0. The van der Waals surface area contributed by atoms with Crippen molar-refractivity contribution in [2.24, 2.45) is 0 Å². The Morgan fingerprint density at radius 3 is 2.30 bits per heavy atom. The summed E-state index contributed by atoms with van der Waals surface area (Å²) in [5.41, 5.74) is 0.594. The monoisotopic (exact) mass is 333 g/mol. The number of carbonyl (C=O) groups is 2. The summed E-state index contributed by atoms with van der Waals surface area (Å²) in [4.78, 5) is 25.3. The molecule has 120 valence electrons. The molecule has 0 aromatic heterocycles. The summed E-state index contributed by atoms with van der Waals surface area (Å²) >= 11 is 0.835. The number of imide groups is 1. The van der Waals surface area contributed by atoms with Crippen LogP contribution < -0.4 is 14.2 Å². The van der Waals surface area contributed by atoms with Crippen molar-refractivity contribution >= 4 is 29.0 Å². The Balaban J connectivity index is 2.45. The lowest BCUT2D eigenvalue weighted by Gasteiger charge is -2.12. The molecule has 1 fully saturated rings. The van der Waals surface area contributed by atoms with E-state index in [1.165, 1.54) is 21.3 Å². The lowest BCUT2D eigenvalue weighted by Crippen LogP contribution is -2.28. The van der Waals surface area contributed by atoms with Gasteiger partial charge in [-0.2, -0.15) is 0 Å². The number of thioether (sulfide) groups is 1. The van der Waals surface area contributed by atoms with Crippen molar-refractivity contribution in [3.05, 3.63) is 22.6 Å². The molecule has 0 aliphatic carbocycles. The van der Waals surface area contributed by atoms with E-state index in [0.29, 0.717) is 22.8 Å². The number of hydrogen-bond donors (Lipinski definition) is 0. The highest BCUT2D eigenvalue weighted by atomic mass is 32.2. The third kappa shape index (κ3) is 3.27. The summed E-state index contributed by atoms with van der Waals surface area (Å²) in [6, 6.07) is 3.32. The van der Waals surface area contributed by atoms with Gasteiger partial charge in [0.25, 0.3) is 11.1 Å². The minimum absolute atomic E-state index is 0.0505. The van der Waals surface area contributed by atoms with Crippen molar-refractivity contribution in [3.63, 3.8) is 0 Å². The first-order chi connectivity index (χ1) is 11.0. The van der Waals surface area contributed by atoms with E-state index in [-0.39, 0.29) is 11.4 Å². The number of carbonyl (C=O) groups excluding carboxylic acids is 2. The van der Waals surface area contributed by atoms with Crippen LogP contribution in [0, 0.1) is 12.3 Å². The van der Waals surface area contributed by atoms with Crippen LogP contribution in [0.15, 0.2) is 17.0 Å². The normalized spacial score (nSPS) is 15.7. The molecule has 0 bridgehead atoms. The van der Waals surface area contributed by atoms with Crippen LogP contribution in [0.3, 0.4) is 0 Å². The van der Waals surface area contributed by atoms with Crippen LogP contribution in [-0.4, -0.2) is 43.9 Å². The molecule has 1 aromatic carbocycles. The van der Waals surface area contributed by atoms with Crippen LogP contribution in [0.4, 0.5) is 4.79 Å². The van der Waals surface area contributed by atoms with E-state index in [1.807, 2.05) is 0 Å². The quantitative estimate of drug-likeness (QED) is 0.609. The van der Waals surface area contributed by atoms with Crippen molar-refractivity contribution in [1.82, 2.24) is 4.90 Å². The molecule has 1 aliphatic rings. The van der Waals surface area contributed by atoms with Crippen molar-refractivity contribution in [2.75, 3.05) is 27.9 Å². The highest BCUT2D eigenvalue weighted by Crippen LogP contribution is 2.38. The van der Waals surface area contributed by atoms with Gasteiger partial charge in [0, 0.05) is 11.6 Å². The molecule has 23 heavy (non-hydrogen) atoms. The molecular weight excluding hydrogens is 318 g/mol. The highest BCUT2D eigenvalue weighted by molar-refractivity contribution is 8.18. The van der Waals surface area contributed by atoms with Gasteiger partial charge in [0.1, 0.15) is 5.75 Å². The molecule has 7 heteroatoms. The van der Waals surface area contributed by atoms with Crippen molar-refractivity contribution in [3.8, 4) is 29.6 Å². The maximum atomic E-state index is 12.2. The van der Waals surface area contributed by atoms with E-state index in [4.69, 9.17) is 20.6 Å². The Morgan fingerprint density at radius 2 is 1.74 bits per heavy atom. The van der Waals surface area contributed by atoms with Gasteiger partial charge in [-0.1, -0.05) is 5.92 Å². The minimum Gasteiger partial charge on any atom is -0.496 e.